The van der Waals surface area contributed by atoms with Crippen molar-refractivity contribution in [1.29, 1.82) is 0 Å². The van der Waals surface area contributed by atoms with E-state index in [9.17, 15) is 4.39 Å². The molecule has 0 aliphatic heterocycles. The van der Waals surface area contributed by atoms with Gasteiger partial charge >= 0.3 is 0 Å². The second-order valence-electron chi connectivity index (χ2n) is 6.26. The second-order valence-corrected chi connectivity index (χ2v) is 7.17. The molecule has 2 aromatic heterocycles. The molecule has 0 spiro atoms. The highest BCUT2D eigenvalue weighted by molar-refractivity contribution is 9.10. The number of fused-ring (bicyclic) bond motifs is 4. The van der Waals surface area contributed by atoms with Gasteiger partial charge in [0.2, 0.25) is 0 Å². The molecule has 0 saturated carbocycles. The Hall–Kier alpha value is -2.79. The molecule has 0 atom stereocenters. The lowest BCUT2D eigenvalue weighted by molar-refractivity contribution is 0.626. The summed E-state index contributed by atoms with van der Waals surface area (Å²) in [6.45, 7) is 0.606. The highest BCUT2D eigenvalue weighted by Crippen LogP contribution is 2.31. The minimum atomic E-state index is -0.231. The first-order chi connectivity index (χ1) is 12.7. The molecule has 0 N–H and O–H groups in total. The van der Waals surface area contributed by atoms with E-state index in [4.69, 9.17) is 9.97 Å². The van der Waals surface area contributed by atoms with Crippen LogP contribution in [0.5, 0.6) is 0 Å². The van der Waals surface area contributed by atoms with E-state index in [1.54, 1.807) is 12.1 Å². The van der Waals surface area contributed by atoms with Crippen molar-refractivity contribution >= 4 is 49.0 Å². The first-order valence-corrected chi connectivity index (χ1v) is 9.07. The van der Waals surface area contributed by atoms with Crippen LogP contribution in [0.4, 0.5) is 4.39 Å². The van der Waals surface area contributed by atoms with Crippen molar-refractivity contribution in [3.8, 4) is 0 Å². The SMILES string of the molecule is Fc1ccc(Cn2c3ccc(Br)cc3c3nc4ccccc4nc32)cc1. The van der Waals surface area contributed by atoms with Crippen LogP contribution in [0.25, 0.3) is 33.1 Å². The standard InChI is InChI=1S/C21H13BrFN3/c22-14-7-10-19-16(11-14)20-21(25-18-4-2-1-3-17(18)24-20)26(19)12-13-5-8-15(23)9-6-13/h1-11H,12H2. The number of aromatic nitrogens is 3. The van der Waals surface area contributed by atoms with E-state index in [1.807, 2.05) is 30.3 Å². The first-order valence-electron chi connectivity index (χ1n) is 8.28. The van der Waals surface area contributed by atoms with E-state index in [2.05, 4.69) is 32.6 Å². The Morgan fingerprint density at radius 2 is 1.62 bits per heavy atom. The molecule has 26 heavy (non-hydrogen) atoms. The smallest absolute Gasteiger partial charge is 0.160 e. The quantitative estimate of drug-likeness (QED) is 0.377. The van der Waals surface area contributed by atoms with Crippen molar-refractivity contribution < 1.29 is 4.39 Å². The zero-order chi connectivity index (χ0) is 17.7. The second kappa shape index (κ2) is 5.88. The lowest BCUT2D eigenvalue weighted by Gasteiger charge is -2.07. The van der Waals surface area contributed by atoms with E-state index in [0.29, 0.717) is 6.54 Å². The monoisotopic (exact) mass is 405 g/mol. The van der Waals surface area contributed by atoms with Gasteiger partial charge in [-0.15, -0.1) is 0 Å². The Morgan fingerprint density at radius 1 is 0.885 bits per heavy atom. The molecule has 5 heteroatoms. The van der Waals surface area contributed by atoms with E-state index >= 15 is 0 Å². The van der Waals surface area contributed by atoms with Gasteiger partial charge in [-0.1, -0.05) is 40.2 Å². The normalized spacial score (nSPS) is 11.6. The van der Waals surface area contributed by atoms with Gasteiger partial charge in [0, 0.05) is 16.4 Å². The summed E-state index contributed by atoms with van der Waals surface area (Å²) < 4.78 is 16.4. The third-order valence-electron chi connectivity index (χ3n) is 4.57. The third-order valence-corrected chi connectivity index (χ3v) is 5.06. The first kappa shape index (κ1) is 15.5. The van der Waals surface area contributed by atoms with Crippen LogP contribution in [-0.4, -0.2) is 14.5 Å². The maximum absolute atomic E-state index is 13.3. The number of rotatable bonds is 2. The molecule has 0 aliphatic rings. The van der Waals surface area contributed by atoms with Gasteiger partial charge in [-0.05, 0) is 48.0 Å². The average Bonchev–Trinajstić information content (AvgIpc) is 2.94. The molecule has 0 aliphatic carbocycles. The Bertz CT molecular complexity index is 1280. The highest BCUT2D eigenvalue weighted by Gasteiger charge is 2.15. The Kier molecular flexibility index (Phi) is 3.50. The molecule has 5 aromatic rings. The minimum Gasteiger partial charge on any atom is -0.319 e. The maximum atomic E-state index is 13.3. The summed E-state index contributed by atoms with van der Waals surface area (Å²) in [5.74, 6) is -0.231. The zero-order valence-electron chi connectivity index (χ0n) is 13.7. The minimum absolute atomic E-state index is 0.231. The fraction of sp³-hybridized carbons (Fsp3) is 0.0476. The Balaban J connectivity index is 1.83. The summed E-state index contributed by atoms with van der Waals surface area (Å²) in [4.78, 5) is 9.73. The number of hydrogen-bond donors (Lipinski definition) is 0. The molecule has 0 fully saturated rings. The number of halogens is 2. The molecule has 126 valence electrons. The Labute approximate surface area is 157 Å². The van der Waals surface area contributed by atoms with E-state index in [0.717, 1.165) is 43.1 Å². The number of nitrogens with zero attached hydrogens (tertiary/aromatic N) is 3. The third kappa shape index (κ3) is 2.47. The molecule has 0 amide bonds. The lowest BCUT2D eigenvalue weighted by Crippen LogP contribution is -2.01. The largest absolute Gasteiger partial charge is 0.319 e. The summed E-state index contributed by atoms with van der Waals surface area (Å²) in [5, 5.41) is 1.05. The lowest BCUT2D eigenvalue weighted by atomic mass is 10.2. The van der Waals surface area contributed by atoms with Crippen LogP contribution < -0.4 is 0 Å². The van der Waals surface area contributed by atoms with Gasteiger partial charge in [-0.25, -0.2) is 14.4 Å². The van der Waals surface area contributed by atoms with Crippen LogP contribution in [0.2, 0.25) is 0 Å². The molecule has 2 heterocycles. The van der Waals surface area contributed by atoms with Crippen LogP contribution in [0.15, 0.2) is 71.2 Å². The summed E-state index contributed by atoms with van der Waals surface area (Å²) in [6.07, 6.45) is 0. The summed E-state index contributed by atoms with van der Waals surface area (Å²) in [5.41, 5.74) is 5.53. The van der Waals surface area contributed by atoms with Gasteiger partial charge in [-0.3, -0.25) is 0 Å². The molecule has 0 saturated heterocycles. The number of para-hydroxylation sites is 2. The van der Waals surface area contributed by atoms with Crippen molar-refractivity contribution in [2.45, 2.75) is 6.54 Å². The molecule has 0 unspecified atom stereocenters. The predicted molar refractivity (Wildman–Crippen MR) is 106 cm³/mol. The molecule has 0 bridgehead atoms. The van der Waals surface area contributed by atoms with Gasteiger partial charge in [0.05, 0.1) is 16.6 Å². The molecular formula is C21H13BrFN3. The molecular weight excluding hydrogens is 393 g/mol. The van der Waals surface area contributed by atoms with Crippen LogP contribution in [-0.2, 0) is 6.54 Å². The van der Waals surface area contributed by atoms with Gasteiger partial charge in [-0.2, -0.15) is 0 Å². The maximum Gasteiger partial charge on any atom is 0.160 e. The number of benzene rings is 3. The topological polar surface area (TPSA) is 30.7 Å². The molecule has 3 nitrogen and oxygen atoms in total. The van der Waals surface area contributed by atoms with Crippen LogP contribution in [0.1, 0.15) is 5.56 Å². The van der Waals surface area contributed by atoms with Crippen molar-refractivity contribution in [3.63, 3.8) is 0 Å². The zero-order valence-corrected chi connectivity index (χ0v) is 15.2. The van der Waals surface area contributed by atoms with Gasteiger partial charge in [0.25, 0.3) is 0 Å². The highest BCUT2D eigenvalue weighted by atomic mass is 79.9. The van der Waals surface area contributed by atoms with Crippen molar-refractivity contribution in [3.05, 3.63) is 82.6 Å². The van der Waals surface area contributed by atoms with E-state index in [-0.39, 0.29) is 5.82 Å². The molecule has 3 aromatic carbocycles. The van der Waals surface area contributed by atoms with Crippen molar-refractivity contribution in [2.24, 2.45) is 0 Å². The van der Waals surface area contributed by atoms with Crippen molar-refractivity contribution in [2.75, 3.05) is 0 Å². The average molecular weight is 406 g/mol. The summed E-state index contributed by atoms with van der Waals surface area (Å²) in [6, 6.07) is 20.6. The van der Waals surface area contributed by atoms with Crippen LogP contribution in [0.3, 0.4) is 0 Å². The van der Waals surface area contributed by atoms with E-state index < -0.39 is 0 Å². The van der Waals surface area contributed by atoms with Gasteiger partial charge in [0.15, 0.2) is 5.65 Å². The summed E-state index contributed by atoms with van der Waals surface area (Å²) in [7, 11) is 0. The van der Waals surface area contributed by atoms with Crippen molar-refractivity contribution in [1.82, 2.24) is 14.5 Å². The molecule has 0 radical (unpaired) electrons. The summed E-state index contributed by atoms with van der Waals surface area (Å²) >= 11 is 3.55. The van der Waals surface area contributed by atoms with E-state index in [1.165, 1.54) is 12.1 Å². The van der Waals surface area contributed by atoms with Crippen LogP contribution >= 0.6 is 15.9 Å². The van der Waals surface area contributed by atoms with Crippen LogP contribution in [0, 0.1) is 5.82 Å². The molecule has 5 rings (SSSR count). The van der Waals surface area contributed by atoms with Gasteiger partial charge < -0.3 is 4.57 Å². The fourth-order valence-electron chi connectivity index (χ4n) is 3.34. The predicted octanol–water partition coefficient (Wildman–Crippen LogP) is 5.69. The fourth-order valence-corrected chi connectivity index (χ4v) is 3.70. The van der Waals surface area contributed by atoms with Gasteiger partial charge in [0.1, 0.15) is 11.3 Å². The number of hydrogen-bond acceptors (Lipinski definition) is 2. The Morgan fingerprint density at radius 3 is 2.38 bits per heavy atom.